The summed E-state index contributed by atoms with van der Waals surface area (Å²) >= 11 is 1.40. The van der Waals surface area contributed by atoms with Crippen LogP contribution in [0, 0.1) is 0 Å². The third-order valence-electron chi connectivity index (χ3n) is 3.57. The average Bonchev–Trinajstić information content (AvgIpc) is 2.53. The van der Waals surface area contributed by atoms with Crippen molar-refractivity contribution in [3.05, 3.63) is 29.8 Å². The molecule has 1 aromatic carbocycles. The summed E-state index contributed by atoms with van der Waals surface area (Å²) in [6.45, 7) is 5.70. The zero-order chi connectivity index (χ0) is 16.7. The van der Waals surface area contributed by atoms with Gasteiger partial charge < -0.3 is 16.0 Å². The van der Waals surface area contributed by atoms with Crippen LogP contribution in [-0.4, -0.2) is 42.7 Å². The van der Waals surface area contributed by atoms with E-state index in [2.05, 4.69) is 16.0 Å². The van der Waals surface area contributed by atoms with E-state index in [4.69, 9.17) is 0 Å². The predicted molar refractivity (Wildman–Crippen MR) is 101 cm³/mol. The molecule has 7 heteroatoms. The fourth-order valence-corrected chi connectivity index (χ4v) is 3.39. The molecule has 1 atom stereocenters. The van der Waals surface area contributed by atoms with Crippen molar-refractivity contribution in [1.29, 1.82) is 0 Å². The first-order chi connectivity index (χ1) is 11.1. The summed E-state index contributed by atoms with van der Waals surface area (Å²) in [5.74, 6) is 0.232. The van der Waals surface area contributed by atoms with Crippen LogP contribution < -0.4 is 16.0 Å². The van der Waals surface area contributed by atoms with Crippen molar-refractivity contribution in [3.8, 4) is 0 Å². The van der Waals surface area contributed by atoms with Crippen molar-refractivity contribution in [3.63, 3.8) is 0 Å². The molecule has 1 fully saturated rings. The number of halogens is 1. The maximum Gasteiger partial charge on any atom is 0.252 e. The van der Waals surface area contributed by atoms with E-state index in [-0.39, 0.29) is 36.3 Å². The molecule has 3 N–H and O–H groups in total. The van der Waals surface area contributed by atoms with Gasteiger partial charge in [-0.3, -0.25) is 9.59 Å². The van der Waals surface area contributed by atoms with Crippen LogP contribution in [-0.2, 0) is 4.79 Å². The van der Waals surface area contributed by atoms with E-state index in [1.54, 1.807) is 0 Å². The molecule has 0 saturated carbocycles. The van der Waals surface area contributed by atoms with Crippen LogP contribution in [0.5, 0.6) is 0 Å². The van der Waals surface area contributed by atoms with Crippen molar-refractivity contribution >= 4 is 36.0 Å². The molecule has 0 unspecified atom stereocenters. The second-order valence-electron chi connectivity index (χ2n) is 6.02. The Morgan fingerprint density at radius 1 is 1.33 bits per heavy atom. The van der Waals surface area contributed by atoms with Crippen molar-refractivity contribution < 1.29 is 9.59 Å². The number of hydrogen-bond donors (Lipinski definition) is 3. The number of carbonyl (C=O) groups is 2. The largest absolute Gasteiger partial charge is 0.353 e. The lowest BCUT2D eigenvalue weighted by Gasteiger charge is -2.24. The molecular formula is C17H26ClN3O2S. The molecule has 1 saturated heterocycles. The zero-order valence-corrected chi connectivity index (χ0v) is 15.8. The van der Waals surface area contributed by atoms with E-state index in [1.807, 2.05) is 38.1 Å². The molecule has 0 aliphatic carbocycles. The third-order valence-corrected chi connectivity index (χ3v) is 4.65. The summed E-state index contributed by atoms with van der Waals surface area (Å²) < 4.78 is 0. The van der Waals surface area contributed by atoms with Gasteiger partial charge in [-0.2, -0.15) is 0 Å². The summed E-state index contributed by atoms with van der Waals surface area (Å²) in [6.07, 6.45) is 2.08. The molecule has 1 heterocycles. The summed E-state index contributed by atoms with van der Waals surface area (Å²) in [6, 6.07) is 7.75. The summed E-state index contributed by atoms with van der Waals surface area (Å²) in [7, 11) is 0. The lowest BCUT2D eigenvalue weighted by molar-refractivity contribution is -0.119. The van der Waals surface area contributed by atoms with Gasteiger partial charge in [0.15, 0.2) is 0 Å². The normalized spacial score (nSPS) is 17.0. The standard InChI is InChI=1S/C17H25N3O2S.ClH/c1-12(2)19-16(21)11-23-15-8-4-3-7-14(15)17(22)20-13-6-5-9-18-10-13;/h3-4,7-8,12-13,18H,5-6,9-11H2,1-2H3,(H,19,21)(H,20,22);1H/t13-;/m0./s1. The number of nitrogens with one attached hydrogen (secondary N) is 3. The Morgan fingerprint density at radius 3 is 2.75 bits per heavy atom. The van der Waals surface area contributed by atoms with E-state index in [1.165, 1.54) is 11.8 Å². The second-order valence-corrected chi connectivity index (χ2v) is 7.04. The zero-order valence-electron chi connectivity index (χ0n) is 14.1. The third kappa shape index (κ3) is 6.71. The highest BCUT2D eigenvalue weighted by Crippen LogP contribution is 2.22. The van der Waals surface area contributed by atoms with Crippen LogP contribution in [0.3, 0.4) is 0 Å². The Balaban J connectivity index is 0.00000288. The number of benzene rings is 1. The predicted octanol–water partition coefficient (Wildman–Crippen LogP) is 2.21. The summed E-state index contributed by atoms with van der Waals surface area (Å²) in [5, 5.41) is 9.23. The van der Waals surface area contributed by atoms with Crippen LogP contribution in [0.4, 0.5) is 0 Å². The van der Waals surface area contributed by atoms with Gasteiger partial charge in [-0.05, 0) is 45.4 Å². The molecule has 2 amide bonds. The van der Waals surface area contributed by atoms with Gasteiger partial charge in [-0.25, -0.2) is 0 Å². The molecule has 0 bridgehead atoms. The Labute approximate surface area is 154 Å². The van der Waals surface area contributed by atoms with Crippen LogP contribution in [0.1, 0.15) is 37.0 Å². The highest BCUT2D eigenvalue weighted by Gasteiger charge is 2.18. The van der Waals surface area contributed by atoms with Crippen LogP contribution in [0.15, 0.2) is 29.2 Å². The fourth-order valence-electron chi connectivity index (χ4n) is 2.53. The van der Waals surface area contributed by atoms with E-state index in [9.17, 15) is 9.59 Å². The van der Waals surface area contributed by atoms with Gasteiger partial charge in [-0.1, -0.05) is 12.1 Å². The summed E-state index contributed by atoms with van der Waals surface area (Å²) in [5.41, 5.74) is 0.639. The van der Waals surface area contributed by atoms with E-state index < -0.39 is 0 Å². The quantitative estimate of drug-likeness (QED) is 0.670. The van der Waals surface area contributed by atoms with E-state index in [0.717, 1.165) is 30.8 Å². The van der Waals surface area contributed by atoms with Gasteiger partial charge >= 0.3 is 0 Å². The Hall–Kier alpha value is -1.24. The van der Waals surface area contributed by atoms with Crippen molar-refractivity contribution in [1.82, 2.24) is 16.0 Å². The molecule has 134 valence electrons. The number of amides is 2. The number of thioether (sulfide) groups is 1. The van der Waals surface area contributed by atoms with Gasteiger partial charge in [0.1, 0.15) is 0 Å². The molecular weight excluding hydrogens is 346 g/mol. The summed E-state index contributed by atoms with van der Waals surface area (Å²) in [4.78, 5) is 25.1. The van der Waals surface area contributed by atoms with Crippen molar-refractivity contribution in [2.75, 3.05) is 18.8 Å². The monoisotopic (exact) mass is 371 g/mol. The maximum atomic E-state index is 12.5. The lowest BCUT2D eigenvalue weighted by Crippen LogP contribution is -2.45. The van der Waals surface area contributed by atoms with Crippen molar-refractivity contribution in [2.24, 2.45) is 0 Å². The lowest BCUT2D eigenvalue weighted by atomic mass is 10.1. The smallest absolute Gasteiger partial charge is 0.252 e. The van der Waals surface area contributed by atoms with Gasteiger partial charge in [0, 0.05) is 23.5 Å². The molecule has 0 spiro atoms. The first-order valence-electron chi connectivity index (χ1n) is 8.09. The Morgan fingerprint density at radius 2 is 2.08 bits per heavy atom. The van der Waals surface area contributed by atoms with E-state index >= 15 is 0 Å². The number of hydrogen-bond acceptors (Lipinski definition) is 4. The minimum absolute atomic E-state index is 0. The van der Waals surface area contributed by atoms with Crippen molar-refractivity contribution in [2.45, 2.75) is 43.7 Å². The topological polar surface area (TPSA) is 70.2 Å². The Bertz CT molecular complexity index is 548. The van der Waals surface area contributed by atoms with Crippen LogP contribution in [0.2, 0.25) is 0 Å². The number of piperidine rings is 1. The minimum atomic E-state index is -0.0638. The van der Waals surface area contributed by atoms with Crippen LogP contribution in [0.25, 0.3) is 0 Å². The minimum Gasteiger partial charge on any atom is -0.353 e. The maximum absolute atomic E-state index is 12.5. The first-order valence-corrected chi connectivity index (χ1v) is 9.07. The molecule has 24 heavy (non-hydrogen) atoms. The highest BCUT2D eigenvalue weighted by atomic mass is 35.5. The molecule has 1 aliphatic rings. The molecule has 1 aromatic rings. The van der Waals surface area contributed by atoms with Gasteiger partial charge in [-0.15, -0.1) is 24.2 Å². The highest BCUT2D eigenvalue weighted by molar-refractivity contribution is 8.00. The molecule has 0 radical (unpaired) electrons. The first kappa shape index (κ1) is 20.8. The number of carbonyl (C=O) groups excluding carboxylic acids is 2. The van der Waals surface area contributed by atoms with Gasteiger partial charge in [0.25, 0.3) is 5.91 Å². The molecule has 0 aromatic heterocycles. The number of rotatable bonds is 6. The molecule has 2 rings (SSSR count). The molecule has 1 aliphatic heterocycles. The molecule has 5 nitrogen and oxygen atoms in total. The SMILES string of the molecule is CC(C)NC(=O)CSc1ccccc1C(=O)N[C@H]1CCCNC1.Cl. The second kappa shape index (κ2) is 10.6. The van der Waals surface area contributed by atoms with Crippen LogP contribution >= 0.6 is 24.2 Å². The van der Waals surface area contributed by atoms with E-state index in [0.29, 0.717) is 11.3 Å². The average molecular weight is 372 g/mol. The van der Waals surface area contributed by atoms with Gasteiger partial charge in [0.2, 0.25) is 5.91 Å². The van der Waals surface area contributed by atoms with Gasteiger partial charge in [0.05, 0.1) is 11.3 Å². The fraction of sp³-hybridized carbons (Fsp3) is 0.529. The Kier molecular flexibility index (Phi) is 9.18.